The SMILES string of the molecule is Cc1cc(C(F)(F)F)c2cc(N3CCC4(C=C(c5c(-c6cnccc6C(F)(F)F)noc5C5CC5)C4)CC3)ccc2n1. The maximum absolute atomic E-state index is 13.8. The zero-order chi connectivity index (χ0) is 29.4. The molecule has 218 valence electrons. The number of hydrogen-bond donors (Lipinski definition) is 0. The van der Waals surface area contributed by atoms with Crippen molar-refractivity contribution in [1.82, 2.24) is 15.1 Å². The molecule has 11 heteroatoms. The van der Waals surface area contributed by atoms with Crippen molar-refractivity contribution in [2.45, 2.75) is 57.3 Å². The lowest BCUT2D eigenvalue weighted by molar-refractivity contribution is -0.137. The van der Waals surface area contributed by atoms with E-state index in [0.29, 0.717) is 47.7 Å². The molecule has 1 aliphatic heterocycles. The molecule has 4 heterocycles. The van der Waals surface area contributed by atoms with Crippen LogP contribution in [0.2, 0.25) is 0 Å². The third kappa shape index (κ3) is 4.62. The van der Waals surface area contributed by atoms with E-state index < -0.39 is 23.5 Å². The lowest BCUT2D eigenvalue weighted by Crippen LogP contribution is -2.42. The van der Waals surface area contributed by atoms with Crippen LogP contribution in [0.4, 0.5) is 32.0 Å². The lowest BCUT2D eigenvalue weighted by Gasteiger charge is -2.47. The van der Waals surface area contributed by atoms with Gasteiger partial charge in [0.25, 0.3) is 0 Å². The summed E-state index contributed by atoms with van der Waals surface area (Å²) in [5.74, 6) is 0.792. The van der Waals surface area contributed by atoms with E-state index in [1.165, 1.54) is 6.20 Å². The Balaban J connectivity index is 1.16. The first kappa shape index (κ1) is 27.0. The second-order valence-corrected chi connectivity index (χ2v) is 11.7. The standard InChI is InChI=1S/C31H26F6N4O/c1-17-12-24(31(35,36)37)21-13-20(4-5-25(21)39-17)41-10-7-29(8-11-41)14-19(15-29)26-27(40-42-28(26)18-2-3-18)22-16-38-9-6-23(22)30(32,33)34/h4-6,9,12-14,16,18H,2-3,7-8,10-11,15H2,1H3. The minimum atomic E-state index is -4.56. The Morgan fingerprint density at radius 2 is 1.67 bits per heavy atom. The van der Waals surface area contributed by atoms with Crippen LogP contribution in [0, 0.1) is 12.3 Å². The maximum atomic E-state index is 13.8. The Morgan fingerprint density at radius 1 is 0.952 bits per heavy atom. The summed E-state index contributed by atoms with van der Waals surface area (Å²) in [6.45, 7) is 2.83. The fourth-order valence-electron chi connectivity index (χ4n) is 6.44. The van der Waals surface area contributed by atoms with Crippen LogP contribution in [0.3, 0.4) is 0 Å². The summed E-state index contributed by atoms with van der Waals surface area (Å²) in [6, 6.07) is 7.06. The number of aryl methyl sites for hydroxylation is 1. The molecule has 0 amide bonds. The Morgan fingerprint density at radius 3 is 2.33 bits per heavy atom. The lowest BCUT2D eigenvalue weighted by atomic mass is 9.63. The Hall–Kier alpha value is -3.89. The number of alkyl halides is 6. The van der Waals surface area contributed by atoms with Gasteiger partial charge in [0, 0.05) is 59.3 Å². The van der Waals surface area contributed by atoms with Crippen LogP contribution in [0.25, 0.3) is 27.7 Å². The number of rotatable bonds is 4. The van der Waals surface area contributed by atoms with Gasteiger partial charge in [-0.3, -0.25) is 9.97 Å². The first-order chi connectivity index (χ1) is 19.9. The van der Waals surface area contributed by atoms with Crippen molar-refractivity contribution in [2.24, 2.45) is 5.41 Å². The molecular formula is C31H26F6N4O. The van der Waals surface area contributed by atoms with Gasteiger partial charge in [0.15, 0.2) is 0 Å². The van der Waals surface area contributed by atoms with E-state index >= 15 is 0 Å². The van der Waals surface area contributed by atoms with E-state index in [0.717, 1.165) is 49.6 Å². The Labute approximate surface area is 237 Å². The van der Waals surface area contributed by atoms with Crippen LogP contribution in [-0.2, 0) is 12.4 Å². The van der Waals surface area contributed by atoms with Gasteiger partial charge in [0.1, 0.15) is 11.5 Å². The average Bonchev–Trinajstić information content (AvgIpc) is 3.68. The van der Waals surface area contributed by atoms with Crippen molar-refractivity contribution in [3.63, 3.8) is 0 Å². The summed E-state index contributed by atoms with van der Waals surface area (Å²) in [4.78, 5) is 10.3. The minimum Gasteiger partial charge on any atom is -0.371 e. The normalized spacial score (nSPS) is 18.8. The molecule has 0 bridgehead atoms. The van der Waals surface area contributed by atoms with Crippen molar-refractivity contribution < 1.29 is 30.9 Å². The smallest absolute Gasteiger partial charge is 0.371 e. The number of anilines is 1. The molecule has 7 rings (SSSR count). The molecule has 1 aromatic carbocycles. The van der Waals surface area contributed by atoms with Crippen LogP contribution >= 0.6 is 0 Å². The summed E-state index contributed by atoms with van der Waals surface area (Å²) in [6.07, 6.45) is -0.555. The van der Waals surface area contributed by atoms with Gasteiger partial charge >= 0.3 is 12.4 Å². The second kappa shape index (κ2) is 9.31. The first-order valence-corrected chi connectivity index (χ1v) is 13.9. The van der Waals surface area contributed by atoms with Gasteiger partial charge in [-0.05, 0) is 80.3 Å². The number of pyridine rings is 2. The number of fused-ring (bicyclic) bond motifs is 1. The van der Waals surface area contributed by atoms with Crippen molar-refractivity contribution in [3.05, 3.63) is 76.9 Å². The predicted molar refractivity (Wildman–Crippen MR) is 145 cm³/mol. The fraction of sp³-hybridized carbons (Fsp3) is 0.387. The largest absolute Gasteiger partial charge is 0.417 e. The van der Waals surface area contributed by atoms with Crippen LogP contribution in [-0.4, -0.2) is 28.2 Å². The highest BCUT2D eigenvalue weighted by molar-refractivity contribution is 5.87. The van der Waals surface area contributed by atoms with Gasteiger partial charge in [-0.25, -0.2) is 0 Å². The highest BCUT2D eigenvalue weighted by Crippen LogP contribution is 2.56. The molecular weight excluding hydrogens is 558 g/mol. The summed E-state index contributed by atoms with van der Waals surface area (Å²) in [5, 5.41) is 4.20. The van der Waals surface area contributed by atoms with Crippen molar-refractivity contribution in [2.75, 3.05) is 18.0 Å². The van der Waals surface area contributed by atoms with Gasteiger partial charge in [-0.15, -0.1) is 0 Å². The quantitative estimate of drug-likeness (QED) is 0.225. The second-order valence-electron chi connectivity index (χ2n) is 11.7. The zero-order valence-corrected chi connectivity index (χ0v) is 22.6. The Bertz CT molecular complexity index is 1730. The minimum absolute atomic E-state index is 0.0814. The third-order valence-corrected chi connectivity index (χ3v) is 8.74. The zero-order valence-electron chi connectivity index (χ0n) is 22.6. The van der Waals surface area contributed by atoms with Gasteiger partial charge < -0.3 is 9.42 Å². The number of nitrogens with zero attached hydrogens (tertiary/aromatic N) is 4. The molecule has 42 heavy (non-hydrogen) atoms. The van der Waals surface area contributed by atoms with Crippen LogP contribution in [0.5, 0.6) is 0 Å². The van der Waals surface area contributed by atoms with E-state index in [2.05, 4.69) is 26.1 Å². The van der Waals surface area contributed by atoms with E-state index in [4.69, 9.17) is 4.52 Å². The number of hydrogen-bond acceptors (Lipinski definition) is 5. The van der Waals surface area contributed by atoms with E-state index in [1.54, 1.807) is 19.1 Å². The summed E-state index contributed by atoms with van der Waals surface area (Å²) in [5.41, 5.74) is 1.39. The van der Waals surface area contributed by atoms with Crippen molar-refractivity contribution in [1.29, 1.82) is 0 Å². The topological polar surface area (TPSA) is 55.1 Å². The summed E-state index contributed by atoms with van der Waals surface area (Å²) in [7, 11) is 0. The Kier molecular flexibility index (Phi) is 5.98. The fourth-order valence-corrected chi connectivity index (χ4v) is 6.44. The molecule has 5 nitrogen and oxygen atoms in total. The molecule has 2 fully saturated rings. The molecule has 0 N–H and O–H groups in total. The number of benzene rings is 1. The molecule has 0 radical (unpaired) electrons. The van der Waals surface area contributed by atoms with E-state index in [1.807, 2.05) is 6.07 Å². The number of piperidine rings is 1. The van der Waals surface area contributed by atoms with Crippen LogP contribution in [0.1, 0.15) is 66.2 Å². The predicted octanol–water partition coefficient (Wildman–Crippen LogP) is 8.58. The molecule has 2 aliphatic carbocycles. The number of allylic oxidation sites excluding steroid dienone is 2. The summed E-state index contributed by atoms with van der Waals surface area (Å²) < 4.78 is 88.4. The van der Waals surface area contributed by atoms with Gasteiger partial charge in [0.2, 0.25) is 0 Å². The molecule has 1 saturated carbocycles. The van der Waals surface area contributed by atoms with Gasteiger partial charge in [0.05, 0.1) is 16.6 Å². The third-order valence-electron chi connectivity index (χ3n) is 8.74. The van der Waals surface area contributed by atoms with Crippen LogP contribution < -0.4 is 4.90 Å². The maximum Gasteiger partial charge on any atom is 0.417 e. The molecule has 3 aliphatic rings. The molecule has 4 aromatic rings. The molecule has 1 saturated heterocycles. The number of halogens is 6. The molecule has 0 atom stereocenters. The molecule has 1 spiro atoms. The van der Waals surface area contributed by atoms with Crippen molar-refractivity contribution >= 4 is 22.2 Å². The summed E-state index contributed by atoms with van der Waals surface area (Å²) >= 11 is 0. The van der Waals surface area contributed by atoms with Gasteiger partial charge in [-0.1, -0.05) is 11.2 Å². The average molecular weight is 585 g/mol. The monoisotopic (exact) mass is 584 g/mol. The highest BCUT2D eigenvalue weighted by Gasteiger charge is 2.45. The van der Waals surface area contributed by atoms with Gasteiger partial charge in [-0.2, -0.15) is 26.3 Å². The molecule has 0 unspecified atom stereocenters. The first-order valence-electron chi connectivity index (χ1n) is 13.9. The molecule has 3 aromatic heterocycles. The van der Waals surface area contributed by atoms with E-state index in [-0.39, 0.29) is 28.0 Å². The van der Waals surface area contributed by atoms with Crippen molar-refractivity contribution in [3.8, 4) is 11.3 Å². The van der Waals surface area contributed by atoms with Crippen LogP contribution in [0.15, 0.2) is 53.3 Å². The number of aromatic nitrogens is 3. The van der Waals surface area contributed by atoms with E-state index in [9.17, 15) is 26.3 Å². The highest BCUT2D eigenvalue weighted by atomic mass is 19.4.